The number of nitrogens with one attached hydrogen (secondary N) is 1. The van der Waals surface area contributed by atoms with Crippen LogP contribution in [0.25, 0.3) is 0 Å². The summed E-state index contributed by atoms with van der Waals surface area (Å²) in [6, 6.07) is 15.1. The Balaban J connectivity index is 2.11. The van der Waals surface area contributed by atoms with Gasteiger partial charge in [0.1, 0.15) is 6.61 Å². The first-order chi connectivity index (χ1) is 10.2. The lowest BCUT2D eigenvalue weighted by molar-refractivity contribution is -0.117. The minimum absolute atomic E-state index is 0.129. The molecule has 0 heterocycles. The van der Waals surface area contributed by atoms with Crippen molar-refractivity contribution in [2.75, 3.05) is 6.61 Å². The third-order valence-electron chi connectivity index (χ3n) is 2.95. The summed E-state index contributed by atoms with van der Waals surface area (Å²) in [5.74, 6) is -0.577. The molecule has 2 aromatic rings. The van der Waals surface area contributed by atoms with Crippen molar-refractivity contribution < 1.29 is 13.9 Å². The molecule has 0 fully saturated rings. The van der Waals surface area contributed by atoms with E-state index in [4.69, 9.17) is 4.74 Å². The van der Waals surface area contributed by atoms with E-state index in [1.54, 1.807) is 18.2 Å². The smallest absolute Gasteiger partial charge is 0.243 e. The first-order valence-corrected chi connectivity index (χ1v) is 6.56. The van der Waals surface area contributed by atoms with Gasteiger partial charge in [-0.2, -0.15) is 0 Å². The number of rotatable bonds is 6. The van der Waals surface area contributed by atoms with Crippen LogP contribution in [-0.2, 0) is 4.79 Å². The van der Waals surface area contributed by atoms with E-state index in [0.717, 1.165) is 5.56 Å². The predicted molar refractivity (Wildman–Crippen MR) is 79.4 cm³/mol. The molecule has 4 heteroatoms. The van der Waals surface area contributed by atoms with Gasteiger partial charge in [-0.15, -0.1) is 0 Å². The van der Waals surface area contributed by atoms with Crippen molar-refractivity contribution in [3.63, 3.8) is 0 Å². The van der Waals surface area contributed by atoms with Gasteiger partial charge in [0.25, 0.3) is 0 Å². The number of carbonyl (C=O) groups is 1. The van der Waals surface area contributed by atoms with Crippen molar-refractivity contribution in [3.05, 3.63) is 78.6 Å². The molecule has 2 rings (SSSR count). The van der Waals surface area contributed by atoms with Crippen LogP contribution in [0.1, 0.15) is 11.6 Å². The second-order valence-corrected chi connectivity index (χ2v) is 4.42. The summed E-state index contributed by atoms with van der Waals surface area (Å²) in [7, 11) is 0. The van der Waals surface area contributed by atoms with Crippen LogP contribution in [-0.4, -0.2) is 12.5 Å². The molecular weight excluding hydrogens is 269 g/mol. The highest BCUT2D eigenvalue weighted by molar-refractivity contribution is 5.87. The number of carbonyl (C=O) groups excluding carboxylic acids is 1. The van der Waals surface area contributed by atoms with Gasteiger partial charge < -0.3 is 10.1 Å². The van der Waals surface area contributed by atoms with Crippen molar-refractivity contribution in [1.29, 1.82) is 0 Å². The molecule has 108 valence electrons. The third-order valence-corrected chi connectivity index (χ3v) is 2.95. The van der Waals surface area contributed by atoms with Gasteiger partial charge >= 0.3 is 0 Å². The van der Waals surface area contributed by atoms with Crippen molar-refractivity contribution >= 4 is 5.91 Å². The SMILES string of the molecule is C=CC(=O)NC(COc1ccccc1F)c1ccccc1. The zero-order valence-corrected chi connectivity index (χ0v) is 11.5. The van der Waals surface area contributed by atoms with Crippen LogP contribution in [0.2, 0.25) is 0 Å². The Morgan fingerprint density at radius 1 is 1.19 bits per heavy atom. The van der Waals surface area contributed by atoms with Crippen molar-refractivity contribution in [3.8, 4) is 5.75 Å². The molecule has 0 spiro atoms. The quantitative estimate of drug-likeness (QED) is 0.827. The van der Waals surface area contributed by atoms with Crippen LogP contribution >= 0.6 is 0 Å². The largest absolute Gasteiger partial charge is 0.488 e. The fraction of sp³-hybridized carbons (Fsp3) is 0.118. The molecule has 1 N–H and O–H groups in total. The Kier molecular flexibility index (Phi) is 5.10. The van der Waals surface area contributed by atoms with E-state index < -0.39 is 5.82 Å². The van der Waals surface area contributed by atoms with Gasteiger partial charge in [0.2, 0.25) is 5.91 Å². The minimum atomic E-state index is -0.431. The summed E-state index contributed by atoms with van der Waals surface area (Å²) in [5, 5.41) is 2.77. The maximum Gasteiger partial charge on any atom is 0.243 e. The van der Waals surface area contributed by atoms with Gasteiger partial charge in [-0.05, 0) is 23.8 Å². The third kappa shape index (κ3) is 4.18. The molecule has 1 amide bonds. The molecule has 0 aliphatic heterocycles. The molecule has 0 aromatic heterocycles. The molecular formula is C17H16FNO2. The van der Waals surface area contributed by atoms with Crippen LogP contribution in [0.4, 0.5) is 4.39 Å². The molecule has 0 saturated heterocycles. The molecule has 3 nitrogen and oxygen atoms in total. The zero-order chi connectivity index (χ0) is 15.1. The van der Waals surface area contributed by atoms with E-state index in [1.807, 2.05) is 30.3 Å². The van der Waals surface area contributed by atoms with Crippen LogP contribution in [0.15, 0.2) is 67.3 Å². The summed E-state index contributed by atoms with van der Waals surface area (Å²) in [6.07, 6.45) is 1.19. The normalized spacial score (nSPS) is 11.5. The fourth-order valence-corrected chi connectivity index (χ4v) is 1.87. The van der Waals surface area contributed by atoms with Crippen LogP contribution in [0.3, 0.4) is 0 Å². The lowest BCUT2D eigenvalue weighted by atomic mass is 10.1. The highest BCUT2D eigenvalue weighted by atomic mass is 19.1. The molecule has 1 unspecified atom stereocenters. The summed E-state index contributed by atoms with van der Waals surface area (Å²) < 4.78 is 19.0. The number of hydrogen-bond acceptors (Lipinski definition) is 2. The van der Waals surface area contributed by atoms with Crippen molar-refractivity contribution in [2.24, 2.45) is 0 Å². The van der Waals surface area contributed by atoms with E-state index in [-0.39, 0.29) is 24.3 Å². The standard InChI is InChI=1S/C17H16FNO2/c1-2-17(20)19-15(13-8-4-3-5-9-13)12-21-16-11-7-6-10-14(16)18/h2-11,15H,1,12H2,(H,19,20). The van der Waals surface area contributed by atoms with Gasteiger partial charge in [0.05, 0.1) is 6.04 Å². The van der Waals surface area contributed by atoms with E-state index in [0.29, 0.717) is 0 Å². The Hall–Kier alpha value is -2.62. The Labute approximate surface area is 123 Å². The molecule has 2 aromatic carbocycles. The van der Waals surface area contributed by atoms with Crippen LogP contribution in [0, 0.1) is 5.82 Å². The minimum Gasteiger partial charge on any atom is -0.488 e. The molecule has 21 heavy (non-hydrogen) atoms. The number of halogens is 1. The first-order valence-electron chi connectivity index (χ1n) is 6.56. The summed E-state index contributed by atoms with van der Waals surface area (Å²) >= 11 is 0. The molecule has 1 atom stereocenters. The Morgan fingerprint density at radius 2 is 1.86 bits per heavy atom. The average Bonchev–Trinajstić information content (AvgIpc) is 2.53. The van der Waals surface area contributed by atoms with Crippen LogP contribution < -0.4 is 10.1 Å². The topological polar surface area (TPSA) is 38.3 Å². The predicted octanol–water partition coefficient (Wildman–Crippen LogP) is 3.25. The number of ether oxygens (including phenoxy) is 1. The van der Waals surface area contributed by atoms with Gasteiger partial charge in [-0.3, -0.25) is 4.79 Å². The molecule has 0 aliphatic carbocycles. The maximum atomic E-state index is 13.5. The van der Waals surface area contributed by atoms with E-state index in [2.05, 4.69) is 11.9 Å². The van der Waals surface area contributed by atoms with Crippen LogP contribution in [0.5, 0.6) is 5.75 Å². The lowest BCUT2D eigenvalue weighted by Crippen LogP contribution is -2.31. The number of benzene rings is 2. The van der Waals surface area contributed by atoms with Crippen molar-refractivity contribution in [2.45, 2.75) is 6.04 Å². The van der Waals surface area contributed by atoms with Gasteiger partial charge in [0.15, 0.2) is 11.6 Å². The number of amides is 1. The van der Waals surface area contributed by atoms with Gasteiger partial charge in [-0.25, -0.2) is 4.39 Å². The molecule has 0 saturated carbocycles. The van der Waals surface area contributed by atoms with E-state index in [1.165, 1.54) is 12.1 Å². The van der Waals surface area contributed by atoms with Crippen molar-refractivity contribution in [1.82, 2.24) is 5.32 Å². The molecule has 0 radical (unpaired) electrons. The zero-order valence-electron chi connectivity index (χ0n) is 11.5. The second-order valence-electron chi connectivity index (χ2n) is 4.42. The highest BCUT2D eigenvalue weighted by Gasteiger charge is 2.14. The first kappa shape index (κ1) is 14.8. The maximum absolute atomic E-state index is 13.5. The molecule has 0 aliphatic rings. The Bertz CT molecular complexity index is 613. The average molecular weight is 285 g/mol. The monoisotopic (exact) mass is 285 g/mol. The van der Waals surface area contributed by atoms with Gasteiger partial charge in [0, 0.05) is 0 Å². The van der Waals surface area contributed by atoms with Gasteiger partial charge in [-0.1, -0.05) is 49.0 Å². The lowest BCUT2D eigenvalue weighted by Gasteiger charge is -2.19. The van der Waals surface area contributed by atoms with E-state index in [9.17, 15) is 9.18 Å². The summed E-state index contributed by atoms with van der Waals surface area (Å²) in [5.41, 5.74) is 0.879. The number of hydrogen-bond donors (Lipinski definition) is 1. The fourth-order valence-electron chi connectivity index (χ4n) is 1.87. The highest BCUT2D eigenvalue weighted by Crippen LogP contribution is 2.19. The molecule has 0 bridgehead atoms. The van der Waals surface area contributed by atoms with E-state index >= 15 is 0 Å². The summed E-state index contributed by atoms with van der Waals surface area (Å²) in [6.45, 7) is 3.56. The summed E-state index contributed by atoms with van der Waals surface area (Å²) in [4.78, 5) is 11.5. The second kappa shape index (κ2) is 7.24. The Morgan fingerprint density at radius 3 is 2.52 bits per heavy atom. The number of para-hydroxylation sites is 1.